The van der Waals surface area contributed by atoms with E-state index in [4.69, 9.17) is 0 Å². The van der Waals surface area contributed by atoms with Crippen LogP contribution in [-0.2, 0) is 0 Å². The Morgan fingerprint density at radius 2 is 1.81 bits per heavy atom. The summed E-state index contributed by atoms with van der Waals surface area (Å²) in [7, 11) is 2.55. The van der Waals surface area contributed by atoms with E-state index < -0.39 is 0 Å². The Labute approximate surface area is 106 Å². The topological polar surface area (TPSA) is 0 Å². The molecule has 0 aliphatic heterocycles. The predicted octanol–water partition coefficient (Wildman–Crippen LogP) is 2.02. The molecule has 0 aromatic rings. The van der Waals surface area contributed by atoms with Crippen molar-refractivity contribution in [3.05, 3.63) is 45.7 Å². The van der Waals surface area contributed by atoms with Gasteiger partial charge in [-0.15, -0.1) is 0 Å². The maximum Gasteiger partial charge on any atom is 0.0384 e. The van der Waals surface area contributed by atoms with Crippen molar-refractivity contribution in [1.29, 1.82) is 0 Å². The SMILES string of the molecule is CC1=C(C)C([SiH3])=CC1.CC1=CCC(C[SiH3])=C1. The fourth-order valence-corrected chi connectivity index (χ4v) is 3.05. The van der Waals surface area contributed by atoms with Gasteiger partial charge in [-0.1, -0.05) is 45.7 Å². The summed E-state index contributed by atoms with van der Waals surface area (Å²) in [6, 6.07) is 1.36. The van der Waals surface area contributed by atoms with E-state index in [9.17, 15) is 0 Å². The monoisotopic (exact) mass is 248 g/mol. The smallest absolute Gasteiger partial charge is 0.0384 e. The number of hydrogen-bond acceptors (Lipinski definition) is 0. The van der Waals surface area contributed by atoms with Crippen LogP contribution in [0.3, 0.4) is 0 Å². The van der Waals surface area contributed by atoms with E-state index in [0.29, 0.717) is 0 Å². The molecule has 0 aromatic heterocycles. The van der Waals surface area contributed by atoms with E-state index in [1.807, 2.05) is 0 Å². The zero-order chi connectivity index (χ0) is 12.1. The lowest BCUT2D eigenvalue weighted by atomic mass is 10.2. The van der Waals surface area contributed by atoms with Crippen LogP contribution in [0, 0.1) is 0 Å². The molecular formula is C14H24Si2. The average Bonchev–Trinajstić information content (AvgIpc) is 2.81. The van der Waals surface area contributed by atoms with E-state index in [2.05, 4.69) is 39.0 Å². The van der Waals surface area contributed by atoms with Gasteiger partial charge in [0, 0.05) is 20.5 Å². The maximum absolute atomic E-state index is 2.34. The van der Waals surface area contributed by atoms with Gasteiger partial charge in [0.05, 0.1) is 0 Å². The van der Waals surface area contributed by atoms with Gasteiger partial charge in [0.2, 0.25) is 0 Å². The minimum atomic E-state index is 1.21. The average molecular weight is 249 g/mol. The lowest BCUT2D eigenvalue weighted by Gasteiger charge is -1.93. The minimum Gasteiger partial charge on any atom is -0.0820 e. The molecule has 0 heterocycles. The Kier molecular flexibility index (Phi) is 5.22. The summed E-state index contributed by atoms with van der Waals surface area (Å²) < 4.78 is 0. The summed E-state index contributed by atoms with van der Waals surface area (Å²) in [4.78, 5) is 0. The number of allylic oxidation sites excluding steroid dienone is 8. The van der Waals surface area contributed by atoms with Gasteiger partial charge >= 0.3 is 0 Å². The van der Waals surface area contributed by atoms with E-state index >= 15 is 0 Å². The molecule has 0 bridgehead atoms. The molecule has 2 aliphatic carbocycles. The first-order chi connectivity index (χ1) is 7.54. The van der Waals surface area contributed by atoms with Gasteiger partial charge < -0.3 is 0 Å². The van der Waals surface area contributed by atoms with Crippen molar-refractivity contribution in [2.75, 3.05) is 0 Å². The fraction of sp³-hybridized carbons (Fsp3) is 0.429. The molecule has 0 amide bonds. The normalized spacial score (nSPS) is 19.3. The van der Waals surface area contributed by atoms with Crippen molar-refractivity contribution in [2.45, 2.75) is 39.7 Å². The molecular weight excluding hydrogens is 224 g/mol. The molecule has 2 rings (SSSR count). The van der Waals surface area contributed by atoms with Gasteiger partial charge in [-0.25, -0.2) is 0 Å². The summed E-state index contributed by atoms with van der Waals surface area (Å²) in [6.45, 7) is 6.61. The van der Waals surface area contributed by atoms with E-state index in [1.165, 1.54) is 44.9 Å². The van der Waals surface area contributed by atoms with Crippen LogP contribution < -0.4 is 0 Å². The summed E-state index contributed by atoms with van der Waals surface area (Å²) in [5, 5.41) is 1.60. The molecule has 0 spiro atoms. The second-order valence-corrected chi connectivity index (χ2v) is 6.59. The van der Waals surface area contributed by atoms with Crippen molar-refractivity contribution in [1.82, 2.24) is 0 Å². The maximum atomic E-state index is 2.34. The van der Waals surface area contributed by atoms with Crippen LogP contribution in [0.5, 0.6) is 0 Å². The van der Waals surface area contributed by atoms with Crippen LogP contribution in [0.15, 0.2) is 45.7 Å². The van der Waals surface area contributed by atoms with Crippen LogP contribution in [0.4, 0.5) is 0 Å². The number of rotatable bonds is 1. The summed E-state index contributed by atoms with van der Waals surface area (Å²) in [6.07, 6.45) is 9.40. The quantitative estimate of drug-likeness (QED) is 0.623. The highest BCUT2D eigenvalue weighted by atomic mass is 28.1. The Balaban J connectivity index is 0.000000160. The van der Waals surface area contributed by atoms with Gasteiger partial charge in [-0.05, 0) is 39.7 Å². The molecule has 0 saturated carbocycles. The first-order valence-electron chi connectivity index (χ1n) is 6.24. The van der Waals surface area contributed by atoms with Crippen molar-refractivity contribution >= 4 is 20.5 Å². The van der Waals surface area contributed by atoms with Crippen molar-refractivity contribution in [3.8, 4) is 0 Å². The van der Waals surface area contributed by atoms with Crippen LogP contribution in [0.1, 0.15) is 33.6 Å². The number of hydrogen-bond donors (Lipinski definition) is 0. The van der Waals surface area contributed by atoms with E-state index in [1.54, 1.807) is 21.9 Å². The molecule has 0 nitrogen and oxygen atoms in total. The molecule has 16 heavy (non-hydrogen) atoms. The molecule has 2 heteroatoms. The molecule has 88 valence electrons. The highest BCUT2D eigenvalue weighted by molar-refractivity contribution is 6.24. The van der Waals surface area contributed by atoms with Crippen LogP contribution in [-0.4, -0.2) is 20.5 Å². The van der Waals surface area contributed by atoms with Gasteiger partial charge in [-0.2, -0.15) is 0 Å². The van der Waals surface area contributed by atoms with Gasteiger partial charge in [0.25, 0.3) is 0 Å². The van der Waals surface area contributed by atoms with Gasteiger partial charge in [-0.3, -0.25) is 0 Å². The molecule has 0 atom stereocenters. The second-order valence-electron chi connectivity index (χ2n) is 4.80. The summed E-state index contributed by atoms with van der Waals surface area (Å²) in [5.41, 5.74) is 6.21. The van der Waals surface area contributed by atoms with E-state index in [-0.39, 0.29) is 0 Å². The second kappa shape index (κ2) is 6.21. The molecule has 2 aliphatic rings. The highest BCUT2D eigenvalue weighted by Gasteiger charge is 2.03. The van der Waals surface area contributed by atoms with Crippen molar-refractivity contribution < 1.29 is 0 Å². The molecule has 0 fully saturated rings. The molecule has 0 saturated heterocycles. The molecule has 0 radical (unpaired) electrons. The van der Waals surface area contributed by atoms with E-state index in [0.717, 1.165) is 0 Å². The first-order valence-corrected chi connectivity index (χ1v) is 8.65. The van der Waals surface area contributed by atoms with Crippen LogP contribution in [0.2, 0.25) is 6.04 Å². The largest absolute Gasteiger partial charge is 0.0820 e. The van der Waals surface area contributed by atoms with Crippen LogP contribution in [0.25, 0.3) is 0 Å². The lowest BCUT2D eigenvalue weighted by Crippen LogP contribution is -1.78. The van der Waals surface area contributed by atoms with Gasteiger partial charge in [0.15, 0.2) is 0 Å². The third-order valence-electron chi connectivity index (χ3n) is 3.52. The zero-order valence-corrected chi connectivity index (χ0v) is 15.4. The third kappa shape index (κ3) is 3.76. The Hall–Kier alpha value is -0.606. The highest BCUT2D eigenvalue weighted by Crippen LogP contribution is 2.22. The predicted molar refractivity (Wildman–Crippen MR) is 82.2 cm³/mol. The van der Waals surface area contributed by atoms with Crippen molar-refractivity contribution in [3.63, 3.8) is 0 Å². The van der Waals surface area contributed by atoms with Gasteiger partial charge in [0.1, 0.15) is 0 Å². The Morgan fingerprint density at radius 1 is 1.12 bits per heavy atom. The Bertz CT molecular complexity index is 376. The minimum absolute atomic E-state index is 1.21. The zero-order valence-electron chi connectivity index (χ0n) is 11.4. The standard InChI is InChI=1S/2C7H12Si/c1-5-3-4-7(8)6(5)2;1-6-2-3-7(4-6)5-8/h4H,3H2,1-2,8H3;2,4H,3,5H2,1,8H3. The third-order valence-corrected chi connectivity index (χ3v) is 5.58. The first kappa shape index (κ1) is 13.5. The molecule has 0 unspecified atom stereocenters. The fourth-order valence-electron chi connectivity index (χ4n) is 1.93. The summed E-state index contributed by atoms with van der Waals surface area (Å²) in [5.74, 6) is 0. The van der Waals surface area contributed by atoms with Crippen LogP contribution >= 0.6 is 0 Å². The molecule has 0 N–H and O–H groups in total. The molecule has 0 aromatic carbocycles. The summed E-state index contributed by atoms with van der Waals surface area (Å²) >= 11 is 0. The Morgan fingerprint density at radius 3 is 2.00 bits per heavy atom. The van der Waals surface area contributed by atoms with Crippen molar-refractivity contribution in [2.24, 2.45) is 0 Å². The lowest BCUT2D eigenvalue weighted by molar-refractivity contribution is 1.22.